The number of anilines is 1. The molecule has 16 heavy (non-hydrogen) atoms. The van der Waals surface area contributed by atoms with Crippen molar-refractivity contribution in [2.45, 2.75) is 19.9 Å². The summed E-state index contributed by atoms with van der Waals surface area (Å²) in [6.45, 7) is 3.40. The minimum atomic E-state index is -1.07. The quantitative estimate of drug-likeness (QED) is 0.833. The number of hydrogen-bond donors (Lipinski definition) is 2. The predicted octanol–water partition coefficient (Wildman–Crippen LogP) is 2.49. The molecule has 0 aromatic heterocycles. The van der Waals surface area contributed by atoms with Gasteiger partial charge in [-0.2, -0.15) is 0 Å². The average Bonchev–Trinajstić information content (AvgIpc) is 2.15. The molecule has 0 heterocycles. The third-order valence-electron chi connectivity index (χ3n) is 2.17. The van der Waals surface area contributed by atoms with E-state index in [1.807, 2.05) is 0 Å². The second-order valence-corrected chi connectivity index (χ2v) is 3.83. The van der Waals surface area contributed by atoms with Crippen molar-refractivity contribution in [1.82, 2.24) is 0 Å². The maximum Gasteiger partial charge on any atom is 0.326 e. The second-order valence-electron chi connectivity index (χ2n) is 3.83. The van der Waals surface area contributed by atoms with Crippen LogP contribution in [0.4, 0.5) is 14.5 Å². The fourth-order valence-electron chi connectivity index (χ4n) is 1.29. The number of hydrogen-bond acceptors (Lipinski definition) is 2. The van der Waals surface area contributed by atoms with E-state index in [4.69, 9.17) is 5.11 Å². The number of carboxylic acids is 1. The second kappa shape index (κ2) is 4.92. The van der Waals surface area contributed by atoms with Crippen molar-refractivity contribution < 1.29 is 18.7 Å². The minimum absolute atomic E-state index is 0.0116. The molecule has 1 atom stereocenters. The molecule has 0 radical (unpaired) electrons. The number of carbonyl (C=O) groups is 1. The minimum Gasteiger partial charge on any atom is -0.480 e. The van der Waals surface area contributed by atoms with Crippen molar-refractivity contribution in [3.8, 4) is 0 Å². The summed E-state index contributed by atoms with van der Waals surface area (Å²) < 4.78 is 25.9. The van der Waals surface area contributed by atoms with Gasteiger partial charge in [-0.1, -0.05) is 13.8 Å². The van der Waals surface area contributed by atoms with Gasteiger partial charge >= 0.3 is 5.97 Å². The summed E-state index contributed by atoms with van der Waals surface area (Å²) in [7, 11) is 0. The Kier molecular flexibility index (Phi) is 3.82. The summed E-state index contributed by atoms with van der Waals surface area (Å²) in [5.74, 6) is -2.77. The Balaban J connectivity index is 2.90. The highest BCUT2D eigenvalue weighted by Gasteiger charge is 2.22. The fraction of sp³-hybridized carbons (Fsp3) is 0.364. The summed E-state index contributed by atoms with van der Waals surface area (Å²) in [5.41, 5.74) is -0.0116. The molecule has 1 rings (SSSR count). The molecular formula is C11H13F2NO2. The molecule has 0 aliphatic heterocycles. The largest absolute Gasteiger partial charge is 0.480 e. The Morgan fingerprint density at radius 2 is 2.00 bits per heavy atom. The van der Waals surface area contributed by atoms with Gasteiger partial charge in [0.2, 0.25) is 0 Å². The van der Waals surface area contributed by atoms with E-state index in [0.29, 0.717) is 6.07 Å². The van der Waals surface area contributed by atoms with Crippen molar-refractivity contribution in [2.75, 3.05) is 5.32 Å². The molecule has 0 saturated heterocycles. The van der Waals surface area contributed by atoms with Gasteiger partial charge in [0.1, 0.15) is 17.7 Å². The molecule has 0 unspecified atom stereocenters. The molecule has 0 aliphatic rings. The highest BCUT2D eigenvalue weighted by molar-refractivity contribution is 5.77. The normalized spacial score (nSPS) is 12.6. The van der Waals surface area contributed by atoms with E-state index in [1.54, 1.807) is 13.8 Å². The van der Waals surface area contributed by atoms with Gasteiger partial charge in [0, 0.05) is 6.07 Å². The summed E-state index contributed by atoms with van der Waals surface area (Å²) in [6.07, 6.45) is 0. The Morgan fingerprint density at radius 3 is 2.44 bits per heavy atom. The molecule has 0 amide bonds. The highest BCUT2D eigenvalue weighted by Crippen LogP contribution is 2.18. The van der Waals surface area contributed by atoms with E-state index in [2.05, 4.69) is 5.32 Å². The van der Waals surface area contributed by atoms with Gasteiger partial charge in [-0.25, -0.2) is 13.6 Å². The first-order valence-electron chi connectivity index (χ1n) is 4.86. The van der Waals surface area contributed by atoms with Gasteiger partial charge < -0.3 is 10.4 Å². The monoisotopic (exact) mass is 229 g/mol. The number of carboxylic acid groups (broad SMARTS) is 1. The molecule has 88 valence electrons. The van der Waals surface area contributed by atoms with Crippen molar-refractivity contribution in [3.63, 3.8) is 0 Å². The standard InChI is InChI=1S/C11H13F2NO2/c1-6(2)10(11(15)16)14-9-4-3-7(12)5-8(9)13/h3-6,10,14H,1-2H3,(H,15,16)/t10-/m0/s1. The summed E-state index contributed by atoms with van der Waals surface area (Å²) in [4.78, 5) is 10.9. The Bertz CT molecular complexity index is 394. The number of rotatable bonds is 4. The van der Waals surface area contributed by atoms with Crippen LogP contribution in [0.5, 0.6) is 0 Å². The lowest BCUT2D eigenvalue weighted by Crippen LogP contribution is -2.34. The smallest absolute Gasteiger partial charge is 0.326 e. The highest BCUT2D eigenvalue weighted by atomic mass is 19.1. The van der Waals surface area contributed by atoms with Crippen LogP contribution in [0.2, 0.25) is 0 Å². The third kappa shape index (κ3) is 2.92. The van der Waals surface area contributed by atoms with Gasteiger partial charge in [0.05, 0.1) is 5.69 Å². The maximum absolute atomic E-state index is 13.2. The Labute approximate surface area is 92.1 Å². The first kappa shape index (κ1) is 12.4. The van der Waals surface area contributed by atoms with Gasteiger partial charge in [-0.15, -0.1) is 0 Å². The van der Waals surface area contributed by atoms with Crippen LogP contribution in [0.25, 0.3) is 0 Å². The molecule has 0 fully saturated rings. The van der Waals surface area contributed by atoms with Crippen LogP contribution in [0.1, 0.15) is 13.8 Å². The Hall–Kier alpha value is -1.65. The van der Waals surface area contributed by atoms with E-state index in [1.165, 1.54) is 6.07 Å². The zero-order valence-electron chi connectivity index (χ0n) is 9.00. The van der Waals surface area contributed by atoms with E-state index < -0.39 is 23.6 Å². The average molecular weight is 229 g/mol. The van der Waals surface area contributed by atoms with Gasteiger partial charge in [0.25, 0.3) is 0 Å². The van der Waals surface area contributed by atoms with E-state index in [0.717, 1.165) is 6.07 Å². The lowest BCUT2D eigenvalue weighted by molar-refractivity contribution is -0.138. The lowest BCUT2D eigenvalue weighted by Gasteiger charge is -2.19. The van der Waals surface area contributed by atoms with Crippen LogP contribution in [0.15, 0.2) is 18.2 Å². The molecule has 1 aromatic carbocycles. The van der Waals surface area contributed by atoms with Gasteiger partial charge in [-0.05, 0) is 18.1 Å². The zero-order chi connectivity index (χ0) is 12.3. The predicted molar refractivity (Wildman–Crippen MR) is 56.2 cm³/mol. The molecule has 1 aromatic rings. The topological polar surface area (TPSA) is 49.3 Å². The van der Waals surface area contributed by atoms with Crippen molar-refractivity contribution in [3.05, 3.63) is 29.8 Å². The molecular weight excluding hydrogens is 216 g/mol. The number of benzene rings is 1. The SMILES string of the molecule is CC(C)[C@H](Nc1ccc(F)cc1F)C(=O)O. The number of aliphatic carboxylic acids is 1. The van der Waals surface area contributed by atoms with Crippen molar-refractivity contribution in [2.24, 2.45) is 5.92 Å². The molecule has 5 heteroatoms. The zero-order valence-corrected chi connectivity index (χ0v) is 9.00. The molecule has 3 nitrogen and oxygen atoms in total. The van der Waals surface area contributed by atoms with Gasteiger partial charge in [0.15, 0.2) is 0 Å². The first-order valence-corrected chi connectivity index (χ1v) is 4.86. The van der Waals surface area contributed by atoms with Crippen LogP contribution in [0, 0.1) is 17.6 Å². The van der Waals surface area contributed by atoms with Crippen LogP contribution in [-0.4, -0.2) is 17.1 Å². The van der Waals surface area contributed by atoms with Crippen molar-refractivity contribution in [1.29, 1.82) is 0 Å². The molecule has 0 spiro atoms. The van der Waals surface area contributed by atoms with Crippen LogP contribution < -0.4 is 5.32 Å². The van der Waals surface area contributed by atoms with Gasteiger partial charge in [-0.3, -0.25) is 0 Å². The van der Waals surface area contributed by atoms with Crippen LogP contribution in [-0.2, 0) is 4.79 Å². The van der Waals surface area contributed by atoms with Crippen molar-refractivity contribution >= 4 is 11.7 Å². The third-order valence-corrected chi connectivity index (χ3v) is 2.17. The molecule has 0 aliphatic carbocycles. The summed E-state index contributed by atoms with van der Waals surface area (Å²) in [6, 6.07) is 2.06. The number of halogens is 2. The Morgan fingerprint density at radius 1 is 1.38 bits per heavy atom. The van der Waals surface area contributed by atoms with E-state index >= 15 is 0 Å². The molecule has 0 bridgehead atoms. The van der Waals surface area contributed by atoms with E-state index in [9.17, 15) is 13.6 Å². The first-order chi connectivity index (χ1) is 7.41. The number of nitrogens with one attached hydrogen (secondary N) is 1. The summed E-state index contributed by atoms with van der Waals surface area (Å²) >= 11 is 0. The fourth-order valence-corrected chi connectivity index (χ4v) is 1.29. The molecule has 2 N–H and O–H groups in total. The van der Waals surface area contributed by atoms with Crippen LogP contribution >= 0.6 is 0 Å². The van der Waals surface area contributed by atoms with Crippen LogP contribution in [0.3, 0.4) is 0 Å². The van der Waals surface area contributed by atoms with E-state index in [-0.39, 0.29) is 11.6 Å². The lowest BCUT2D eigenvalue weighted by atomic mass is 10.0. The maximum atomic E-state index is 13.2. The molecule has 0 saturated carbocycles. The summed E-state index contributed by atoms with van der Waals surface area (Å²) in [5, 5.41) is 11.4.